The molecule has 0 spiro atoms. The fraction of sp³-hybridized carbons (Fsp3) is 0.267. The van der Waals surface area contributed by atoms with Crippen LogP contribution in [0.5, 0.6) is 11.5 Å². The quantitative estimate of drug-likeness (QED) is 0.907. The number of furan rings is 1. The highest BCUT2D eigenvalue weighted by Gasteiger charge is 2.14. The Labute approximate surface area is 122 Å². The molecule has 0 saturated carbocycles. The molecule has 2 amide bonds. The second-order valence-electron chi connectivity index (χ2n) is 4.75. The Morgan fingerprint density at radius 2 is 2.14 bits per heavy atom. The van der Waals surface area contributed by atoms with Crippen LogP contribution in [0.1, 0.15) is 24.3 Å². The number of benzene rings is 1. The molecule has 21 heavy (non-hydrogen) atoms. The van der Waals surface area contributed by atoms with E-state index in [2.05, 4.69) is 10.6 Å². The van der Waals surface area contributed by atoms with E-state index in [9.17, 15) is 4.79 Å². The van der Waals surface area contributed by atoms with Crippen molar-refractivity contribution in [2.45, 2.75) is 19.5 Å². The lowest BCUT2D eigenvalue weighted by Crippen LogP contribution is -2.36. The summed E-state index contributed by atoms with van der Waals surface area (Å²) in [6.07, 6.45) is 1.58. The standard InChI is InChI=1S/C15H16N2O4/c1-10(12-3-2-6-19-12)17-15(18)16-8-11-4-5-13-14(7-11)21-9-20-13/h2-7,10H,8-9H2,1H3,(H2,16,17,18). The molecule has 1 aliphatic rings. The van der Waals surface area contributed by atoms with E-state index in [0.29, 0.717) is 18.1 Å². The topological polar surface area (TPSA) is 72.7 Å². The maximum Gasteiger partial charge on any atom is 0.315 e. The van der Waals surface area contributed by atoms with Gasteiger partial charge in [0.1, 0.15) is 5.76 Å². The molecule has 0 radical (unpaired) electrons. The normalized spacial score (nSPS) is 13.8. The number of hydrogen-bond acceptors (Lipinski definition) is 4. The Hall–Kier alpha value is -2.63. The van der Waals surface area contributed by atoms with Gasteiger partial charge in [0, 0.05) is 6.54 Å². The van der Waals surface area contributed by atoms with Crippen LogP contribution in [-0.4, -0.2) is 12.8 Å². The fourth-order valence-electron chi connectivity index (χ4n) is 2.09. The summed E-state index contributed by atoms with van der Waals surface area (Å²) in [5, 5.41) is 5.60. The first-order valence-corrected chi connectivity index (χ1v) is 6.68. The maximum absolute atomic E-state index is 11.8. The molecular formula is C15H16N2O4. The number of hydrogen-bond donors (Lipinski definition) is 2. The van der Waals surface area contributed by atoms with E-state index in [0.717, 1.165) is 11.3 Å². The Kier molecular flexibility index (Phi) is 3.68. The molecule has 1 unspecified atom stereocenters. The largest absolute Gasteiger partial charge is 0.467 e. The van der Waals surface area contributed by atoms with E-state index in [1.807, 2.05) is 31.2 Å². The number of amides is 2. The first kappa shape index (κ1) is 13.4. The summed E-state index contributed by atoms with van der Waals surface area (Å²) in [7, 11) is 0. The number of urea groups is 1. The van der Waals surface area contributed by atoms with Gasteiger partial charge in [0.2, 0.25) is 6.79 Å². The Bertz CT molecular complexity index is 625. The lowest BCUT2D eigenvalue weighted by atomic mass is 10.2. The van der Waals surface area contributed by atoms with Crippen LogP contribution in [0.25, 0.3) is 0 Å². The summed E-state index contributed by atoms with van der Waals surface area (Å²) in [4.78, 5) is 11.8. The third-order valence-electron chi connectivity index (χ3n) is 3.21. The van der Waals surface area contributed by atoms with Gasteiger partial charge in [0.15, 0.2) is 11.5 Å². The number of rotatable bonds is 4. The summed E-state index contributed by atoms with van der Waals surface area (Å²) in [6.45, 7) is 2.51. The summed E-state index contributed by atoms with van der Waals surface area (Å²) < 4.78 is 15.8. The van der Waals surface area contributed by atoms with Crippen molar-refractivity contribution in [1.29, 1.82) is 0 Å². The van der Waals surface area contributed by atoms with Crippen molar-refractivity contribution in [3.63, 3.8) is 0 Å². The van der Waals surface area contributed by atoms with Gasteiger partial charge in [0.05, 0.1) is 12.3 Å². The van der Waals surface area contributed by atoms with Crippen LogP contribution in [0.4, 0.5) is 4.79 Å². The van der Waals surface area contributed by atoms with E-state index >= 15 is 0 Å². The first-order valence-electron chi connectivity index (χ1n) is 6.68. The molecule has 2 N–H and O–H groups in total. The van der Waals surface area contributed by atoms with Gasteiger partial charge in [-0.1, -0.05) is 6.07 Å². The molecule has 1 aromatic carbocycles. The molecule has 1 aromatic heterocycles. The number of carbonyl (C=O) groups is 1. The highest BCUT2D eigenvalue weighted by atomic mass is 16.7. The van der Waals surface area contributed by atoms with E-state index in [-0.39, 0.29) is 18.9 Å². The summed E-state index contributed by atoms with van der Waals surface area (Å²) in [5.41, 5.74) is 0.944. The van der Waals surface area contributed by atoms with Crippen molar-refractivity contribution in [3.8, 4) is 11.5 Å². The second-order valence-corrected chi connectivity index (χ2v) is 4.75. The highest BCUT2D eigenvalue weighted by molar-refractivity contribution is 5.74. The van der Waals surface area contributed by atoms with Gasteiger partial charge in [-0.25, -0.2) is 4.79 Å². The predicted molar refractivity (Wildman–Crippen MR) is 75.1 cm³/mol. The zero-order chi connectivity index (χ0) is 14.7. The Morgan fingerprint density at radius 1 is 1.29 bits per heavy atom. The lowest BCUT2D eigenvalue weighted by molar-refractivity contribution is 0.174. The number of nitrogens with one attached hydrogen (secondary N) is 2. The summed E-state index contributed by atoms with van der Waals surface area (Å²) in [5.74, 6) is 2.15. The molecular weight excluding hydrogens is 272 g/mol. The van der Waals surface area contributed by atoms with Crippen molar-refractivity contribution in [2.24, 2.45) is 0 Å². The average Bonchev–Trinajstić information content (AvgIpc) is 3.15. The van der Waals surface area contributed by atoms with Crippen molar-refractivity contribution < 1.29 is 18.7 Å². The molecule has 0 fully saturated rings. The summed E-state index contributed by atoms with van der Waals surface area (Å²) >= 11 is 0. The van der Waals surface area contributed by atoms with Crippen LogP contribution in [0.2, 0.25) is 0 Å². The smallest absolute Gasteiger partial charge is 0.315 e. The van der Waals surface area contributed by atoms with E-state index < -0.39 is 0 Å². The SMILES string of the molecule is CC(NC(=O)NCc1ccc2c(c1)OCO2)c1ccco1. The van der Waals surface area contributed by atoms with Crippen molar-refractivity contribution in [2.75, 3.05) is 6.79 Å². The fourth-order valence-corrected chi connectivity index (χ4v) is 2.09. The third kappa shape index (κ3) is 3.10. The van der Waals surface area contributed by atoms with Gasteiger partial charge < -0.3 is 24.5 Å². The second kappa shape index (κ2) is 5.78. The Morgan fingerprint density at radius 3 is 2.95 bits per heavy atom. The molecule has 1 atom stereocenters. The van der Waals surface area contributed by atoms with Crippen molar-refractivity contribution >= 4 is 6.03 Å². The lowest BCUT2D eigenvalue weighted by Gasteiger charge is -2.12. The Balaban J connectivity index is 1.52. The summed E-state index contributed by atoms with van der Waals surface area (Å²) in [6, 6.07) is 8.76. The number of carbonyl (C=O) groups excluding carboxylic acids is 1. The first-order chi connectivity index (χ1) is 10.2. The third-order valence-corrected chi connectivity index (χ3v) is 3.21. The predicted octanol–water partition coefficient (Wildman–Crippen LogP) is 2.57. The van der Waals surface area contributed by atoms with Crippen LogP contribution in [-0.2, 0) is 6.54 Å². The minimum absolute atomic E-state index is 0.184. The van der Waals surface area contributed by atoms with E-state index in [4.69, 9.17) is 13.9 Å². The van der Waals surface area contributed by atoms with Crippen molar-refractivity contribution in [1.82, 2.24) is 10.6 Å². The molecule has 3 rings (SSSR count). The molecule has 110 valence electrons. The zero-order valence-electron chi connectivity index (χ0n) is 11.6. The average molecular weight is 288 g/mol. The van der Waals surface area contributed by atoms with Gasteiger partial charge in [-0.3, -0.25) is 0 Å². The van der Waals surface area contributed by atoms with E-state index in [1.54, 1.807) is 12.3 Å². The van der Waals surface area contributed by atoms with Gasteiger partial charge in [-0.2, -0.15) is 0 Å². The molecule has 1 aliphatic heterocycles. The molecule has 0 saturated heterocycles. The van der Waals surface area contributed by atoms with Crippen LogP contribution in [0, 0.1) is 0 Å². The molecule has 2 aromatic rings. The van der Waals surface area contributed by atoms with Crippen LogP contribution < -0.4 is 20.1 Å². The van der Waals surface area contributed by atoms with Gasteiger partial charge in [-0.05, 0) is 36.8 Å². The van der Waals surface area contributed by atoms with Crippen LogP contribution >= 0.6 is 0 Å². The monoisotopic (exact) mass is 288 g/mol. The minimum atomic E-state index is -0.253. The molecule has 0 bridgehead atoms. The van der Waals surface area contributed by atoms with Crippen molar-refractivity contribution in [3.05, 3.63) is 47.9 Å². The van der Waals surface area contributed by atoms with Gasteiger partial charge >= 0.3 is 6.03 Å². The van der Waals surface area contributed by atoms with Gasteiger partial charge in [0.25, 0.3) is 0 Å². The molecule has 6 nitrogen and oxygen atoms in total. The molecule has 2 heterocycles. The molecule has 6 heteroatoms. The minimum Gasteiger partial charge on any atom is -0.467 e. The number of fused-ring (bicyclic) bond motifs is 1. The highest BCUT2D eigenvalue weighted by Crippen LogP contribution is 2.32. The molecule has 0 aliphatic carbocycles. The maximum atomic E-state index is 11.8. The number of ether oxygens (including phenoxy) is 2. The van der Waals surface area contributed by atoms with Crippen LogP contribution in [0.15, 0.2) is 41.0 Å². The van der Waals surface area contributed by atoms with E-state index in [1.165, 1.54) is 0 Å². The van der Waals surface area contributed by atoms with Crippen LogP contribution in [0.3, 0.4) is 0 Å². The van der Waals surface area contributed by atoms with Gasteiger partial charge in [-0.15, -0.1) is 0 Å². The zero-order valence-corrected chi connectivity index (χ0v) is 11.6.